The molecule has 1 saturated heterocycles. The molecule has 6 heteroatoms. The third kappa shape index (κ3) is 2.42. The second kappa shape index (κ2) is 5.81. The van der Waals surface area contributed by atoms with Gasteiger partial charge in [-0.15, -0.1) is 0 Å². The highest BCUT2D eigenvalue weighted by atomic mass is 16.2. The minimum atomic E-state index is -0.628. The van der Waals surface area contributed by atoms with Crippen LogP contribution < -0.4 is 0 Å². The van der Waals surface area contributed by atoms with E-state index in [-0.39, 0.29) is 5.57 Å². The van der Waals surface area contributed by atoms with Crippen molar-refractivity contribution in [3.05, 3.63) is 59.4 Å². The Labute approximate surface area is 139 Å². The van der Waals surface area contributed by atoms with Crippen molar-refractivity contribution in [2.24, 2.45) is 0 Å². The highest BCUT2D eigenvalue weighted by Gasteiger charge is 2.37. The Balaban J connectivity index is 2.11. The summed E-state index contributed by atoms with van der Waals surface area (Å²) in [5.41, 5.74) is 2.57. The summed E-state index contributed by atoms with van der Waals surface area (Å²) in [7, 11) is 2.73. The molecular formula is C18H17N3O3. The Kier molecular flexibility index (Phi) is 3.81. The van der Waals surface area contributed by atoms with Crippen LogP contribution in [0, 0.1) is 6.92 Å². The first kappa shape index (κ1) is 15.7. The molecule has 0 unspecified atom stereocenters. The van der Waals surface area contributed by atoms with Gasteiger partial charge in [0.25, 0.3) is 11.8 Å². The van der Waals surface area contributed by atoms with E-state index in [1.54, 1.807) is 0 Å². The Morgan fingerprint density at radius 3 is 2.00 bits per heavy atom. The summed E-state index contributed by atoms with van der Waals surface area (Å²) in [4.78, 5) is 38.4. The Bertz CT molecular complexity index is 839. The van der Waals surface area contributed by atoms with Crippen molar-refractivity contribution in [2.75, 3.05) is 14.1 Å². The maximum Gasteiger partial charge on any atom is 0.333 e. The lowest BCUT2D eigenvalue weighted by atomic mass is 10.1. The van der Waals surface area contributed by atoms with Crippen LogP contribution in [-0.4, -0.2) is 46.3 Å². The molecule has 0 atom stereocenters. The predicted molar refractivity (Wildman–Crippen MR) is 89.4 cm³/mol. The van der Waals surface area contributed by atoms with Crippen LogP contribution in [0.4, 0.5) is 4.79 Å². The van der Waals surface area contributed by atoms with Crippen molar-refractivity contribution in [1.29, 1.82) is 0 Å². The van der Waals surface area contributed by atoms with Crippen LogP contribution in [0.25, 0.3) is 11.8 Å². The number of carbonyl (C=O) groups is 3. The van der Waals surface area contributed by atoms with Crippen LogP contribution in [0.2, 0.25) is 0 Å². The number of aryl methyl sites for hydroxylation is 1. The van der Waals surface area contributed by atoms with Crippen molar-refractivity contribution in [3.8, 4) is 5.69 Å². The molecule has 2 aromatic rings. The van der Waals surface area contributed by atoms with Gasteiger partial charge in [-0.05, 0) is 37.3 Å². The highest BCUT2D eigenvalue weighted by Crippen LogP contribution is 2.22. The van der Waals surface area contributed by atoms with Crippen LogP contribution in [0.1, 0.15) is 11.4 Å². The molecule has 1 aliphatic rings. The van der Waals surface area contributed by atoms with E-state index in [0.29, 0.717) is 5.69 Å². The highest BCUT2D eigenvalue weighted by molar-refractivity contribution is 6.30. The fraction of sp³-hybridized carbons (Fsp3) is 0.167. The second-order valence-corrected chi connectivity index (χ2v) is 5.64. The molecule has 122 valence electrons. The Morgan fingerprint density at radius 1 is 0.833 bits per heavy atom. The first-order valence-corrected chi connectivity index (χ1v) is 7.47. The third-order valence-electron chi connectivity index (χ3n) is 4.06. The molecule has 1 aromatic heterocycles. The van der Waals surface area contributed by atoms with Crippen molar-refractivity contribution in [3.63, 3.8) is 0 Å². The lowest BCUT2D eigenvalue weighted by Crippen LogP contribution is -2.52. The largest absolute Gasteiger partial charge is 0.333 e. The van der Waals surface area contributed by atoms with Gasteiger partial charge in [-0.2, -0.15) is 0 Å². The molecule has 0 N–H and O–H groups in total. The number of para-hydroxylation sites is 1. The number of hydrogen-bond donors (Lipinski definition) is 0. The number of amides is 4. The smallest absolute Gasteiger partial charge is 0.314 e. The van der Waals surface area contributed by atoms with Crippen LogP contribution in [-0.2, 0) is 9.59 Å². The van der Waals surface area contributed by atoms with Gasteiger partial charge in [0.1, 0.15) is 5.57 Å². The first-order chi connectivity index (χ1) is 11.4. The number of nitrogens with zero attached hydrogens (tertiary/aromatic N) is 3. The minimum absolute atomic E-state index is 0.0325. The quantitative estimate of drug-likeness (QED) is 0.629. The zero-order valence-corrected chi connectivity index (χ0v) is 13.7. The molecule has 2 heterocycles. The molecule has 0 spiro atoms. The van der Waals surface area contributed by atoms with Crippen molar-refractivity contribution >= 4 is 23.9 Å². The van der Waals surface area contributed by atoms with Crippen molar-refractivity contribution in [1.82, 2.24) is 14.4 Å². The molecule has 1 fully saturated rings. The van der Waals surface area contributed by atoms with Crippen molar-refractivity contribution in [2.45, 2.75) is 6.92 Å². The number of aromatic nitrogens is 1. The molecule has 0 radical (unpaired) electrons. The first-order valence-electron chi connectivity index (χ1n) is 7.47. The summed E-state index contributed by atoms with van der Waals surface area (Å²) in [5.74, 6) is -1.19. The molecule has 4 amide bonds. The van der Waals surface area contributed by atoms with Gasteiger partial charge in [0.15, 0.2) is 0 Å². The Morgan fingerprint density at radius 2 is 1.42 bits per heavy atom. The number of benzene rings is 1. The molecule has 6 nitrogen and oxygen atoms in total. The van der Waals surface area contributed by atoms with Gasteiger partial charge in [0, 0.05) is 31.2 Å². The van der Waals surface area contributed by atoms with Gasteiger partial charge < -0.3 is 4.57 Å². The number of imide groups is 2. The van der Waals surface area contributed by atoms with Crippen LogP contribution in [0.3, 0.4) is 0 Å². The number of likely N-dealkylation sites (N-methyl/N-ethyl adjacent to an activating group) is 2. The molecule has 3 rings (SSSR count). The van der Waals surface area contributed by atoms with Crippen LogP contribution >= 0.6 is 0 Å². The molecule has 24 heavy (non-hydrogen) atoms. The van der Waals surface area contributed by atoms with Crippen molar-refractivity contribution < 1.29 is 14.4 Å². The summed E-state index contributed by atoms with van der Waals surface area (Å²) >= 11 is 0. The molecule has 0 saturated carbocycles. The van der Waals surface area contributed by atoms with E-state index in [4.69, 9.17) is 0 Å². The van der Waals surface area contributed by atoms with Gasteiger partial charge in [0.2, 0.25) is 0 Å². The van der Waals surface area contributed by atoms with E-state index in [0.717, 1.165) is 21.2 Å². The average molecular weight is 323 g/mol. The van der Waals surface area contributed by atoms with Gasteiger partial charge in [-0.3, -0.25) is 19.4 Å². The molecular weight excluding hydrogens is 306 g/mol. The maximum absolute atomic E-state index is 12.3. The van der Waals surface area contributed by atoms with Gasteiger partial charge in [0.05, 0.1) is 0 Å². The molecule has 1 aromatic carbocycles. The third-order valence-corrected chi connectivity index (χ3v) is 4.06. The lowest BCUT2D eigenvalue weighted by molar-refractivity contribution is -0.134. The monoisotopic (exact) mass is 323 g/mol. The van der Waals surface area contributed by atoms with E-state index in [1.807, 2.05) is 54.0 Å². The zero-order chi connectivity index (χ0) is 17.4. The van der Waals surface area contributed by atoms with E-state index in [2.05, 4.69) is 0 Å². The lowest BCUT2D eigenvalue weighted by Gasteiger charge is -2.28. The molecule has 0 aliphatic carbocycles. The fourth-order valence-electron chi connectivity index (χ4n) is 2.72. The summed E-state index contributed by atoms with van der Waals surface area (Å²) in [5, 5.41) is 0. The number of carbonyl (C=O) groups excluding carboxylic acids is 3. The summed E-state index contributed by atoms with van der Waals surface area (Å²) in [6.07, 6.45) is 1.53. The van der Waals surface area contributed by atoms with Gasteiger partial charge in [-0.25, -0.2) is 4.79 Å². The SMILES string of the molecule is Cc1ccc(C=C2C(=O)N(C)C(=O)N(C)C2=O)n1-c1ccccc1. The maximum atomic E-state index is 12.3. The average Bonchev–Trinajstić information content (AvgIpc) is 2.96. The van der Waals surface area contributed by atoms with E-state index in [1.165, 1.54) is 20.2 Å². The number of urea groups is 1. The number of hydrogen-bond acceptors (Lipinski definition) is 3. The zero-order valence-electron chi connectivity index (χ0n) is 13.7. The second-order valence-electron chi connectivity index (χ2n) is 5.64. The van der Waals surface area contributed by atoms with Crippen LogP contribution in [0.15, 0.2) is 48.0 Å². The topological polar surface area (TPSA) is 62.6 Å². The van der Waals surface area contributed by atoms with E-state index in [9.17, 15) is 14.4 Å². The molecule has 1 aliphatic heterocycles. The van der Waals surface area contributed by atoms with Crippen LogP contribution in [0.5, 0.6) is 0 Å². The number of rotatable bonds is 2. The summed E-state index contributed by atoms with van der Waals surface area (Å²) < 4.78 is 1.95. The summed E-state index contributed by atoms with van der Waals surface area (Å²) in [6.45, 7) is 1.95. The van der Waals surface area contributed by atoms with E-state index < -0.39 is 17.8 Å². The van der Waals surface area contributed by atoms with Gasteiger partial charge >= 0.3 is 6.03 Å². The predicted octanol–water partition coefficient (Wildman–Crippen LogP) is 2.22. The van der Waals surface area contributed by atoms with E-state index >= 15 is 0 Å². The minimum Gasteiger partial charge on any atom is -0.314 e. The standard InChI is InChI=1S/C18H17N3O3/c1-12-9-10-14(21(12)13-7-5-4-6-8-13)11-15-16(22)19(2)18(24)20(3)17(15)23/h4-11H,1-3H3. The normalized spacial score (nSPS) is 15.3. The fourth-order valence-corrected chi connectivity index (χ4v) is 2.72. The summed E-state index contributed by atoms with van der Waals surface area (Å²) in [6, 6.07) is 12.8. The van der Waals surface area contributed by atoms with Gasteiger partial charge in [-0.1, -0.05) is 18.2 Å². The number of barbiturate groups is 1. The molecule has 0 bridgehead atoms. The Hall–Kier alpha value is -3.15.